The van der Waals surface area contributed by atoms with Crippen LogP contribution >= 0.6 is 0 Å². The molecule has 0 bridgehead atoms. The first-order valence-corrected chi connectivity index (χ1v) is 6.08. The first-order chi connectivity index (χ1) is 7.09. The largest absolute Gasteiger partial charge is 0.376 e. The van der Waals surface area contributed by atoms with E-state index in [1.165, 1.54) is 6.42 Å². The van der Waals surface area contributed by atoms with E-state index in [0.29, 0.717) is 12.1 Å². The van der Waals surface area contributed by atoms with Gasteiger partial charge in [-0.2, -0.15) is 0 Å². The molecule has 2 unspecified atom stereocenters. The lowest BCUT2D eigenvalue weighted by Gasteiger charge is -2.32. The van der Waals surface area contributed by atoms with E-state index in [0.717, 1.165) is 32.0 Å². The van der Waals surface area contributed by atoms with E-state index in [9.17, 15) is 0 Å². The summed E-state index contributed by atoms with van der Waals surface area (Å²) < 4.78 is 5.75. The van der Waals surface area contributed by atoms with Crippen LogP contribution < -0.4 is 5.32 Å². The van der Waals surface area contributed by atoms with E-state index in [2.05, 4.69) is 38.2 Å². The van der Waals surface area contributed by atoms with Gasteiger partial charge in [0.1, 0.15) is 0 Å². The highest BCUT2D eigenvalue weighted by atomic mass is 16.5. The number of morpholine rings is 1. The summed E-state index contributed by atoms with van der Waals surface area (Å²) in [5.41, 5.74) is 0. The highest BCUT2D eigenvalue weighted by Gasteiger charge is 2.21. The minimum atomic E-state index is 0.407. The van der Waals surface area contributed by atoms with E-state index < -0.39 is 0 Å². The van der Waals surface area contributed by atoms with Crippen LogP contribution in [0.3, 0.4) is 0 Å². The highest BCUT2D eigenvalue weighted by Crippen LogP contribution is 2.16. The number of ether oxygens (including phenoxy) is 1. The van der Waals surface area contributed by atoms with E-state index in [4.69, 9.17) is 4.74 Å². The number of nitrogens with one attached hydrogen (secondary N) is 1. The van der Waals surface area contributed by atoms with Crippen LogP contribution in [0.5, 0.6) is 0 Å². The summed E-state index contributed by atoms with van der Waals surface area (Å²) in [5, 5.41) is 3.39. The van der Waals surface area contributed by atoms with Crippen molar-refractivity contribution >= 4 is 0 Å². The van der Waals surface area contributed by atoms with Gasteiger partial charge in [0, 0.05) is 19.1 Å². The maximum atomic E-state index is 5.75. The van der Waals surface area contributed by atoms with Gasteiger partial charge < -0.3 is 15.0 Å². The van der Waals surface area contributed by atoms with E-state index in [1.807, 2.05) is 0 Å². The lowest BCUT2D eigenvalue weighted by Crippen LogP contribution is -2.43. The maximum Gasteiger partial charge on any atom is 0.0715 e. The molecular weight excluding hydrogens is 188 g/mol. The molecule has 0 saturated carbocycles. The van der Waals surface area contributed by atoms with Gasteiger partial charge in [-0.05, 0) is 32.9 Å². The minimum Gasteiger partial charge on any atom is -0.376 e. The number of hydrogen-bond acceptors (Lipinski definition) is 3. The summed E-state index contributed by atoms with van der Waals surface area (Å²) in [6, 6.07) is 0.648. The zero-order chi connectivity index (χ0) is 11.3. The third kappa shape index (κ3) is 4.96. The Kier molecular flexibility index (Phi) is 5.58. The molecule has 15 heavy (non-hydrogen) atoms. The van der Waals surface area contributed by atoms with Gasteiger partial charge in [-0.1, -0.05) is 13.8 Å². The van der Waals surface area contributed by atoms with Crippen LogP contribution in [-0.2, 0) is 4.74 Å². The quantitative estimate of drug-likeness (QED) is 0.747. The monoisotopic (exact) mass is 214 g/mol. The second kappa shape index (κ2) is 6.46. The summed E-state index contributed by atoms with van der Waals surface area (Å²) >= 11 is 0. The van der Waals surface area contributed by atoms with Gasteiger partial charge in [-0.15, -0.1) is 0 Å². The van der Waals surface area contributed by atoms with Crippen molar-refractivity contribution in [2.75, 3.05) is 33.8 Å². The Hall–Kier alpha value is -0.120. The van der Waals surface area contributed by atoms with Crippen LogP contribution in [-0.4, -0.2) is 50.8 Å². The molecule has 0 amide bonds. The van der Waals surface area contributed by atoms with Crippen LogP contribution in [0.1, 0.15) is 26.7 Å². The average Bonchev–Trinajstić information content (AvgIpc) is 2.17. The fraction of sp³-hybridized carbons (Fsp3) is 1.00. The molecule has 1 rings (SSSR count). The molecule has 0 radical (unpaired) electrons. The highest BCUT2D eigenvalue weighted by molar-refractivity contribution is 4.76. The topological polar surface area (TPSA) is 24.5 Å². The molecule has 0 aromatic heterocycles. The van der Waals surface area contributed by atoms with Crippen molar-refractivity contribution in [1.82, 2.24) is 10.2 Å². The Morgan fingerprint density at radius 1 is 1.40 bits per heavy atom. The Bertz CT molecular complexity index is 165. The van der Waals surface area contributed by atoms with Crippen molar-refractivity contribution in [3.63, 3.8) is 0 Å². The van der Waals surface area contributed by atoms with Crippen molar-refractivity contribution in [3.8, 4) is 0 Å². The maximum absolute atomic E-state index is 5.75. The van der Waals surface area contributed by atoms with Gasteiger partial charge in [-0.3, -0.25) is 0 Å². The Morgan fingerprint density at radius 2 is 2.13 bits per heavy atom. The molecule has 1 saturated heterocycles. The SMILES string of the molecule is CC(C)CC(CC1CNCCO1)N(C)C. The predicted molar refractivity (Wildman–Crippen MR) is 64.2 cm³/mol. The lowest BCUT2D eigenvalue weighted by molar-refractivity contribution is 0.00703. The summed E-state index contributed by atoms with van der Waals surface area (Å²) in [5.74, 6) is 0.758. The summed E-state index contributed by atoms with van der Waals surface area (Å²) in [6.07, 6.45) is 2.82. The second-order valence-electron chi connectivity index (χ2n) is 5.18. The first-order valence-electron chi connectivity index (χ1n) is 6.08. The van der Waals surface area contributed by atoms with Crippen molar-refractivity contribution in [3.05, 3.63) is 0 Å². The van der Waals surface area contributed by atoms with Gasteiger partial charge in [0.05, 0.1) is 12.7 Å². The summed E-state index contributed by atoms with van der Waals surface area (Å²) in [7, 11) is 4.34. The Labute approximate surface area is 94.2 Å². The lowest BCUT2D eigenvalue weighted by atomic mass is 9.97. The molecular formula is C12H26N2O. The van der Waals surface area contributed by atoms with Gasteiger partial charge in [0.2, 0.25) is 0 Å². The average molecular weight is 214 g/mol. The van der Waals surface area contributed by atoms with Crippen LogP contribution in [0.2, 0.25) is 0 Å². The van der Waals surface area contributed by atoms with E-state index in [1.54, 1.807) is 0 Å². The van der Waals surface area contributed by atoms with Crippen LogP contribution in [0.25, 0.3) is 0 Å². The standard InChI is InChI=1S/C12H26N2O/c1-10(2)7-11(14(3)4)8-12-9-13-5-6-15-12/h10-13H,5-9H2,1-4H3. The van der Waals surface area contributed by atoms with Gasteiger partial charge in [0.15, 0.2) is 0 Å². The van der Waals surface area contributed by atoms with E-state index in [-0.39, 0.29) is 0 Å². The van der Waals surface area contributed by atoms with Crippen molar-refractivity contribution < 1.29 is 4.74 Å². The smallest absolute Gasteiger partial charge is 0.0715 e. The summed E-state index contributed by atoms with van der Waals surface area (Å²) in [6.45, 7) is 7.47. The molecule has 1 aliphatic heterocycles. The van der Waals surface area contributed by atoms with Gasteiger partial charge in [-0.25, -0.2) is 0 Å². The zero-order valence-electron chi connectivity index (χ0n) is 10.6. The molecule has 1 N–H and O–H groups in total. The first kappa shape index (κ1) is 12.9. The molecule has 0 spiro atoms. The Morgan fingerprint density at radius 3 is 2.60 bits per heavy atom. The number of hydrogen-bond donors (Lipinski definition) is 1. The van der Waals surface area contributed by atoms with Crippen LogP contribution in [0, 0.1) is 5.92 Å². The normalized spacial score (nSPS) is 24.8. The van der Waals surface area contributed by atoms with Crippen LogP contribution in [0.15, 0.2) is 0 Å². The van der Waals surface area contributed by atoms with Crippen molar-refractivity contribution in [1.29, 1.82) is 0 Å². The molecule has 3 nitrogen and oxygen atoms in total. The fourth-order valence-electron chi connectivity index (χ4n) is 2.14. The second-order valence-corrected chi connectivity index (χ2v) is 5.18. The molecule has 0 aromatic rings. The minimum absolute atomic E-state index is 0.407. The molecule has 1 aliphatic rings. The molecule has 90 valence electrons. The summed E-state index contributed by atoms with van der Waals surface area (Å²) in [4.78, 5) is 2.33. The molecule has 1 fully saturated rings. The van der Waals surface area contributed by atoms with E-state index >= 15 is 0 Å². The third-order valence-electron chi connectivity index (χ3n) is 3.01. The van der Waals surface area contributed by atoms with Crippen molar-refractivity contribution in [2.24, 2.45) is 5.92 Å². The van der Waals surface area contributed by atoms with Gasteiger partial charge >= 0.3 is 0 Å². The molecule has 2 atom stereocenters. The fourth-order valence-corrected chi connectivity index (χ4v) is 2.14. The number of rotatable bonds is 5. The molecule has 1 heterocycles. The number of nitrogens with zero attached hydrogens (tertiary/aromatic N) is 1. The Balaban J connectivity index is 2.35. The molecule has 3 heteroatoms. The predicted octanol–water partition coefficient (Wildman–Crippen LogP) is 1.34. The third-order valence-corrected chi connectivity index (χ3v) is 3.01. The zero-order valence-corrected chi connectivity index (χ0v) is 10.6. The van der Waals surface area contributed by atoms with Crippen LogP contribution in [0.4, 0.5) is 0 Å². The van der Waals surface area contributed by atoms with Crippen molar-refractivity contribution in [2.45, 2.75) is 38.8 Å². The molecule has 0 aromatic carbocycles. The van der Waals surface area contributed by atoms with Gasteiger partial charge in [0.25, 0.3) is 0 Å². The molecule has 0 aliphatic carbocycles.